The van der Waals surface area contributed by atoms with Crippen LogP contribution in [0.25, 0.3) is 0 Å². The van der Waals surface area contributed by atoms with Crippen molar-refractivity contribution in [1.29, 1.82) is 0 Å². The molecule has 100 valence electrons. The van der Waals surface area contributed by atoms with Gasteiger partial charge in [0.05, 0.1) is 16.3 Å². The van der Waals surface area contributed by atoms with Crippen molar-refractivity contribution < 1.29 is 4.79 Å². The van der Waals surface area contributed by atoms with Gasteiger partial charge >= 0.3 is 0 Å². The van der Waals surface area contributed by atoms with Crippen molar-refractivity contribution in [3.05, 3.63) is 50.8 Å². The number of H-pyrrole nitrogens is 1. The van der Waals surface area contributed by atoms with Crippen LogP contribution < -0.4 is 5.32 Å². The third-order valence-electron chi connectivity index (χ3n) is 2.88. The van der Waals surface area contributed by atoms with E-state index in [-0.39, 0.29) is 5.91 Å². The van der Waals surface area contributed by atoms with Crippen LogP contribution in [0.4, 0.5) is 0 Å². The normalized spacial score (nSPS) is 10.5. The van der Waals surface area contributed by atoms with E-state index in [0.29, 0.717) is 22.2 Å². The van der Waals surface area contributed by atoms with E-state index in [9.17, 15) is 4.79 Å². The summed E-state index contributed by atoms with van der Waals surface area (Å²) in [5.41, 5.74) is 3.21. The van der Waals surface area contributed by atoms with Crippen molar-refractivity contribution >= 4 is 29.1 Å². The van der Waals surface area contributed by atoms with Crippen LogP contribution >= 0.6 is 23.2 Å². The molecule has 0 spiro atoms. The van der Waals surface area contributed by atoms with E-state index in [4.69, 9.17) is 23.2 Å². The van der Waals surface area contributed by atoms with Crippen LogP contribution in [0.2, 0.25) is 10.0 Å². The Balaban J connectivity index is 2.10. The minimum absolute atomic E-state index is 0.235. The Morgan fingerprint density at radius 1 is 1.37 bits per heavy atom. The quantitative estimate of drug-likeness (QED) is 0.913. The molecule has 2 rings (SSSR count). The SMILES string of the molecule is Cc1n[nH]c(C)c1CNC(=O)c1ccc(Cl)cc1Cl. The van der Waals surface area contributed by atoms with Gasteiger partial charge in [0.25, 0.3) is 5.91 Å². The molecule has 0 atom stereocenters. The zero-order chi connectivity index (χ0) is 14.0. The van der Waals surface area contributed by atoms with Crippen LogP contribution in [0.15, 0.2) is 18.2 Å². The van der Waals surface area contributed by atoms with Gasteiger partial charge in [-0.15, -0.1) is 0 Å². The van der Waals surface area contributed by atoms with Gasteiger partial charge in [0, 0.05) is 22.8 Å². The maximum Gasteiger partial charge on any atom is 0.253 e. The summed E-state index contributed by atoms with van der Waals surface area (Å²) < 4.78 is 0. The predicted molar refractivity (Wildman–Crippen MR) is 75.7 cm³/mol. The third-order valence-corrected chi connectivity index (χ3v) is 3.43. The van der Waals surface area contributed by atoms with Gasteiger partial charge in [0.1, 0.15) is 0 Å². The largest absolute Gasteiger partial charge is 0.348 e. The number of nitrogens with zero attached hydrogens (tertiary/aromatic N) is 1. The van der Waals surface area contributed by atoms with E-state index in [2.05, 4.69) is 15.5 Å². The van der Waals surface area contributed by atoms with E-state index in [1.807, 2.05) is 13.8 Å². The van der Waals surface area contributed by atoms with E-state index in [1.165, 1.54) is 0 Å². The fourth-order valence-electron chi connectivity index (χ4n) is 1.77. The summed E-state index contributed by atoms with van der Waals surface area (Å²) in [5.74, 6) is -0.235. The number of aromatic nitrogens is 2. The summed E-state index contributed by atoms with van der Waals surface area (Å²) in [7, 11) is 0. The molecule has 0 aliphatic rings. The zero-order valence-corrected chi connectivity index (χ0v) is 12.1. The van der Waals surface area contributed by atoms with Crippen LogP contribution in [0.5, 0.6) is 0 Å². The molecule has 1 aromatic heterocycles. The Bertz CT molecular complexity index is 603. The van der Waals surface area contributed by atoms with Gasteiger partial charge in [0.2, 0.25) is 0 Å². The number of carbonyl (C=O) groups excluding carboxylic acids is 1. The number of hydrogen-bond donors (Lipinski definition) is 2. The predicted octanol–water partition coefficient (Wildman–Crippen LogP) is 3.26. The summed E-state index contributed by atoms with van der Waals surface area (Å²) in [4.78, 5) is 12.0. The van der Waals surface area contributed by atoms with Crippen LogP contribution in [0, 0.1) is 13.8 Å². The smallest absolute Gasteiger partial charge is 0.253 e. The molecule has 0 bridgehead atoms. The number of carbonyl (C=O) groups is 1. The second kappa shape index (κ2) is 5.63. The van der Waals surface area contributed by atoms with Crippen molar-refractivity contribution in [1.82, 2.24) is 15.5 Å². The van der Waals surface area contributed by atoms with Crippen molar-refractivity contribution in [3.8, 4) is 0 Å². The molecule has 1 aromatic carbocycles. The molecule has 0 unspecified atom stereocenters. The van der Waals surface area contributed by atoms with E-state index in [0.717, 1.165) is 17.0 Å². The van der Waals surface area contributed by atoms with Crippen LogP contribution in [0.3, 0.4) is 0 Å². The highest BCUT2D eigenvalue weighted by molar-refractivity contribution is 6.36. The van der Waals surface area contributed by atoms with Crippen LogP contribution in [0.1, 0.15) is 27.3 Å². The van der Waals surface area contributed by atoms with Crippen LogP contribution in [-0.2, 0) is 6.54 Å². The Kier molecular flexibility index (Phi) is 4.12. The van der Waals surface area contributed by atoms with Crippen molar-refractivity contribution in [2.24, 2.45) is 0 Å². The zero-order valence-electron chi connectivity index (χ0n) is 10.6. The Morgan fingerprint density at radius 3 is 2.68 bits per heavy atom. The fraction of sp³-hybridized carbons (Fsp3) is 0.231. The molecule has 4 nitrogen and oxygen atoms in total. The van der Waals surface area contributed by atoms with Gasteiger partial charge < -0.3 is 5.32 Å². The number of aromatic amines is 1. The van der Waals surface area contributed by atoms with Gasteiger partial charge in [-0.25, -0.2) is 0 Å². The maximum atomic E-state index is 12.0. The topological polar surface area (TPSA) is 57.8 Å². The molecular weight excluding hydrogens is 285 g/mol. The highest BCUT2D eigenvalue weighted by Gasteiger charge is 2.12. The van der Waals surface area contributed by atoms with Crippen molar-refractivity contribution in [2.75, 3.05) is 0 Å². The lowest BCUT2D eigenvalue weighted by Gasteiger charge is -2.07. The Hall–Kier alpha value is -1.52. The molecule has 6 heteroatoms. The summed E-state index contributed by atoms with van der Waals surface area (Å²) in [6.45, 7) is 4.21. The molecule has 2 aromatic rings. The summed E-state index contributed by atoms with van der Waals surface area (Å²) in [5, 5.41) is 10.6. The lowest BCUT2D eigenvalue weighted by molar-refractivity contribution is 0.0951. The molecule has 0 saturated carbocycles. The maximum absolute atomic E-state index is 12.0. The molecule has 1 heterocycles. The first-order valence-corrected chi connectivity index (χ1v) is 6.48. The van der Waals surface area contributed by atoms with Gasteiger partial charge in [-0.3, -0.25) is 9.89 Å². The molecule has 19 heavy (non-hydrogen) atoms. The number of nitrogens with one attached hydrogen (secondary N) is 2. The average molecular weight is 298 g/mol. The Morgan fingerprint density at radius 2 is 2.11 bits per heavy atom. The molecule has 0 radical (unpaired) electrons. The van der Waals surface area contributed by atoms with Gasteiger partial charge in [-0.1, -0.05) is 23.2 Å². The number of rotatable bonds is 3. The molecule has 0 saturated heterocycles. The number of amides is 1. The number of aryl methyl sites for hydroxylation is 2. The molecule has 0 aliphatic heterocycles. The average Bonchev–Trinajstić information content (AvgIpc) is 2.66. The Labute approximate surface area is 121 Å². The lowest BCUT2D eigenvalue weighted by Crippen LogP contribution is -2.23. The molecule has 1 amide bonds. The first-order valence-electron chi connectivity index (χ1n) is 5.72. The second-order valence-electron chi connectivity index (χ2n) is 4.22. The minimum atomic E-state index is -0.235. The van der Waals surface area contributed by atoms with Gasteiger partial charge in [0.15, 0.2) is 0 Å². The van der Waals surface area contributed by atoms with Crippen molar-refractivity contribution in [2.45, 2.75) is 20.4 Å². The fourth-order valence-corrected chi connectivity index (χ4v) is 2.27. The second-order valence-corrected chi connectivity index (χ2v) is 5.06. The molecular formula is C13H13Cl2N3O. The summed E-state index contributed by atoms with van der Waals surface area (Å²) in [6.07, 6.45) is 0. The highest BCUT2D eigenvalue weighted by Crippen LogP contribution is 2.21. The van der Waals surface area contributed by atoms with Gasteiger partial charge in [-0.2, -0.15) is 5.10 Å². The highest BCUT2D eigenvalue weighted by atomic mass is 35.5. The first-order chi connectivity index (χ1) is 8.99. The molecule has 0 fully saturated rings. The molecule has 2 N–H and O–H groups in total. The van der Waals surface area contributed by atoms with Crippen LogP contribution in [-0.4, -0.2) is 16.1 Å². The van der Waals surface area contributed by atoms with Crippen molar-refractivity contribution in [3.63, 3.8) is 0 Å². The lowest BCUT2D eigenvalue weighted by atomic mass is 10.1. The standard InChI is InChI=1S/C13H13Cl2N3O/c1-7-11(8(2)18-17-7)6-16-13(19)10-4-3-9(14)5-12(10)15/h3-5H,6H2,1-2H3,(H,16,19)(H,17,18). The number of halogens is 2. The van der Waals surface area contributed by atoms with E-state index < -0.39 is 0 Å². The number of benzene rings is 1. The monoisotopic (exact) mass is 297 g/mol. The first kappa shape index (κ1) is 13.9. The molecule has 0 aliphatic carbocycles. The third kappa shape index (κ3) is 3.08. The minimum Gasteiger partial charge on any atom is -0.348 e. The summed E-state index contributed by atoms with van der Waals surface area (Å²) in [6, 6.07) is 4.79. The van der Waals surface area contributed by atoms with E-state index >= 15 is 0 Å². The van der Waals surface area contributed by atoms with E-state index in [1.54, 1.807) is 18.2 Å². The number of hydrogen-bond acceptors (Lipinski definition) is 2. The summed E-state index contributed by atoms with van der Waals surface area (Å²) >= 11 is 11.8. The van der Waals surface area contributed by atoms with Gasteiger partial charge in [-0.05, 0) is 32.0 Å².